The highest BCUT2D eigenvalue weighted by Crippen LogP contribution is 2.11. The van der Waals surface area contributed by atoms with Crippen molar-refractivity contribution in [3.63, 3.8) is 0 Å². The molecule has 108 valence electrons. The lowest BCUT2D eigenvalue weighted by Crippen LogP contribution is -2.38. The highest BCUT2D eigenvalue weighted by molar-refractivity contribution is 5.75. The van der Waals surface area contributed by atoms with Crippen molar-refractivity contribution in [3.05, 3.63) is 11.9 Å². The highest BCUT2D eigenvalue weighted by Gasteiger charge is 2.13. The van der Waals surface area contributed by atoms with E-state index in [-0.39, 0.29) is 24.5 Å². The zero-order chi connectivity index (χ0) is 14.4. The van der Waals surface area contributed by atoms with Crippen molar-refractivity contribution >= 4 is 5.91 Å². The number of aromatic nitrogens is 3. The summed E-state index contributed by atoms with van der Waals surface area (Å²) in [5, 5.41) is 10.9. The van der Waals surface area contributed by atoms with Gasteiger partial charge in [0.1, 0.15) is 6.54 Å². The Kier molecular flexibility index (Phi) is 5.95. The van der Waals surface area contributed by atoms with Gasteiger partial charge in [0, 0.05) is 6.04 Å². The lowest BCUT2D eigenvalue weighted by Gasteiger charge is -2.17. The number of rotatable bonds is 7. The van der Waals surface area contributed by atoms with E-state index in [1.165, 1.54) is 4.68 Å². The number of nitrogens with two attached hydrogens (primary N) is 1. The predicted octanol–water partition coefficient (Wildman–Crippen LogP) is 1.24. The fourth-order valence-corrected chi connectivity index (χ4v) is 1.63. The van der Waals surface area contributed by atoms with Gasteiger partial charge in [0.15, 0.2) is 0 Å². The van der Waals surface area contributed by atoms with Gasteiger partial charge in [-0.15, -0.1) is 5.10 Å². The van der Waals surface area contributed by atoms with Crippen LogP contribution in [0.5, 0.6) is 0 Å². The average Bonchev–Trinajstić information content (AvgIpc) is 2.77. The molecule has 3 N–H and O–H groups in total. The zero-order valence-corrected chi connectivity index (χ0v) is 12.3. The quantitative estimate of drug-likeness (QED) is 0.778. The molecule has 1 aromatic heterocycles. The monoisotopic (exact) mass is 267 g/mol. The molecule has 1 rings (SSSR count). The predicted molar refractivity (Wildman–Crippen MR) is 74.3 cm³/mol. The number of amides is 1. The molecule has 0 saturated carbocycles. The molecule has 0 aliphatic carbocycles. The summed E-state index contributed by atoms with van der Waals surface area (Å²) in [5.74, 6) is 0.356. The smallest absolute Gasteiger partial charge is 0.242 e. The van der Waals surface area contributed by atoms with E-state index >= 15 is 0 Å². The van der Waals surface area contributed by atoms with Crippen molar-refractivity contribution in [2.75, 3.05) is 0 Å². The van der Waals surface area contributed by atoms with E-state index in [1.54, 1.807) is 6.20 Å². The van der Waals surface area contributed by atoms with Crippen LogP contribution in [0.25, 0.3) is 0 Å². The Morgan fingerprint density at radius 3 is 2.74 bits per heavy atom. The molecule has 2 unspecified atom stereocenters. The molecule has 1 amide bonds. The lowest BCUT2D eigenvalue weighted by molar-refractivity contribution is -0.122. The average molecular weight is 267 g/mol. The van der Waals surface area contributed by atoms with Crippen LogP contribution in [0.4, 0.5) is 0 Å². The number of carbonyl (C=O) groups excluding carboxylic acids is 1. The SMILES string of the molecule is CCCC(N)c1cn(CC(=O)NC(C)C(C)C)nn1. The number of nitrogens with zero attached hydrogens (tertiary/aromatic N) is 3. The van der Waals surface area contributed by atoms with Crippen LogP contribution in [-0.2, 0) is 11.3 Å². The first kappa shape index (κ1) is 15.6. The summed E-state index contributed by atoms with van der Waals surface area (Å²) in [6.07, 6.45) is 3.62. The van der Waals surface area contributed by atoms with Crippen molar-refractivity contribution in [1.29, 1.82) is 0 Å². The summed E-state index contributed by atoms with van der Waals surface area (Å²) in [6.45, 7) is 8.39. The van der Waals surface area contributed by atoms with E-state index in [0.29, 0.717) is 5.92 Å². The lowest BCUT2D eigenvalue weighted by atomic mass is 10.1. The zero-order valence-electron chi connectivity index (χ0n) is 12.3. The van der Waals surface area contributed by atoms with Crippen molar-refractivity contribution in [2.45, 2.75) is 59.2 Å². The van der Waals surface area contributed by atoms with Crippen molar-refractivity contribution in [3.8, 4) is 0 Å². The second-order valence-electron chi connectivity index (χ2n) is 5.34. The third-order valence-corrected chi connectivity index (χ3v) is 3.23. The van der Waals surface area contributed by atoms with Crippen LogP contribution in [0.3, 0.4) is 0 Å². The van der Waals surface area contributed by atoms with Gasteiger partial charge in [-0.25, -0.2) is 4.68 Å². The van der Waals surface area contributed by atoms with Gasteiger partial charge < -0.3 is 11.1 Å². The second kappa shape index (κ2) is 7.23. The normalized spacial score (nSPS) is 14.4. The molecule has 2 atom stereocenters. The molecule has 0 aliphatic rings. The first-order valence-corrected chi connectivity index (χ1v) is 6.89. The van der Waals surface area contributed by atoms with Gasteiger partial charge in [-0.05, 0) is 19.3 Å². The molecule has 0 fully saturated rings. The molecule has 1 aromatic rings. The third-order valence-electron chi connectivity index (χ3n) is 3.23. The molecule has 0 saturated heterocycles. The standard InChI is InChI=1S/C13H25N5O/c1-5-6-11(14)12-7-18(17-16-12)8-13(19)15-10(4)9(2)3/h7,9-11H,5-6,8,14H2,1-4H3,(H,15,19). The summed E-state index contributed by atoms with van der Waals surface area (Å²) in [4.78, 5) is 11.8. The topological polar surface area (TPSA) is 85.8 Å². The fourth-order valence-electron chi connectivity index (χ4n) is 1.63. The maximum atomic E-state index is 11.8. The molecule has 6 heteroatoms. The molecule has 0 spiro atoms. The Morgan fingerprint density at radius 1 is 1.47 bits per heavy atom. The summed E-state index contributed by atoms with van der Waals surface area (Å²) < 4.78 is 1.53. The summed E-state index contributed by atoms with van der Waals surface area (Å²) in [5.41, 5.74) is 6.70. The van der Waals surface area contributed by atoms with E-state index < -0.39 is 0 Å². The number of nitrogens with one attached hydrogen (secondary N) is 1. The van der Waals surface area contributed by atoms with Crippen LogP contribution in [0.15, 0.2) is 6.20 Å². The van der Waals surface area contributed by atoms with Crippen LogP contribution in [0, 0.1) is 5.92 Å². The van der Waals surface area contributed by atoms with Crippen LogP contribution < -0.4 is 11.1 Å². The highest BCUT2D eigenvalue weighted by atomic mass is 16.2. The Bertz CT molecular complexity index is 401. The van der Waals surface area contributed by atoms with Crippen molar-refractivity contribution < 1.29 is 4.79 Å². The minimum atomic E-state index is -0.101. The maximum Gasteiger partial charge on any atom is 0.242 e. The Morgan fingerprint density at radius 2 is 2.16 bits per heavy atom. The summed E-state index contributed by atoms with van der Waals surface area (Å²) in [6, 6.07) is 0.0502. The second-order valence-corrected chi connectivity index (χ2v) is 5.34. The van der Waals surface area contributed by atoms with Gasteiger partial charge >= 0.3 is 0 Å². The molecule has 6 nitrogen and oxygen atoms in total. The molecular weight excluding hydrogens is 242 g/mol. The third kappa shape index (κ3) is 4.98. The number of hydrogen-bond donors (Lipinski definition) is 2. The molecule has 1 heterocycles. The van der Waals surface area contributed by atoms with E-state index in [4.69, 9.17) is 5.73 Å². The Labute approximate surface area is 114 Å². The first-order valence-electron chi connectivity index (χ1n) is 6.89. The minimum Gasteiger partial charge on any atom is -0.352 e. The molecule has 0 radical (unpaired) electrons. The molecule has 0 aromatic carbocycles. The van der Waals surface area contributed by atoms with Crippen molar-refractivity contribution in [1.82, 2.24) is 20.3 Å². The molecule has 0 bridgehead atoms. The Balaban J connectivity index is 2.51. The van der Waals surface area contributed by atoms with Crippen molar-refractivity contribution in [2.24, 2.45) is 11.7 Å². The van der Waals surface area contributed by atoms with E-state index in [2.05, 4.69) is 36.4 Å². The van der Waals surface area contributed by atoms with Gasteiger partial charge in [-0.1, -0.05) is 32.4 Å². The van der Waals surface area contributed by atoms with Gasteiger partial charge in [-0.2, -0.15) is 0 Å². The first-order chi connectivity index (χ1) is 8.93. The van der Waals surface area contributed by atoms with E-state index in [0.717, 1.165) is 18.5 Å². The van der Waals surface area contributed by atoms with Gasteiger partial charge in [0.05, 0.1) is 17.9 Å². The van der Waals surface area contributed by atoms with E-state index in [1.807, 2.05) is 6.92 Å². The van der Waals surface area contributed by atoms with Gasteiger partial charge in [0.2, 0.25) is 5.91 Å². The fraction of sp³-hybridized carbons (Fsp3) is 0.769. The van der Waals surface area contributed by atoms with Crippen LogP contribution in [-0.4, -0.2) is 26.9 Å². The summed E-state index contributed by atoms with van der Waals surface area (Å²) >= 11 is 0. The maximum absolute atomic E-state index is 11.8. The Hall–Kier alpha value is -1.43. The molecule has 0 aliphatic heterocycles. The molecule has 19 heavy (non-hydrogen) atoms. The van der Waals surface area contributed by atoms with Gasteiger partial charge in [-0.3, -0.25) is 4.79 Å². The molecular formula is C13H25N5O. The van der Waals surface area contributed by atoms with Gasteiger partial charge in [0.25, 0.3) is 0 Å². The van der Waals surface area contributed by atoms with Crippen LogP contribution in [0.2, 0.25) is 0 Å². The van der Waals surface area contributed by atoms with Crippen LogP contribution in [0.1, 0.15) is 52.3 Å². The minimum absolute atomic E-state index is 0.0540. The number of carbonyl (C=O) groups is 1. The summed E-state index contributed by atoms with van der Waals surface area (Å²) in [7, 11) is 0. The largest absolute Gasteiger partial charge is 0.352 e. The number of hydrogen-bond acceptors (Lipinski definition) is 4. The van der Waals surface area contributed by atoms with Crippen LogP contribution >= 0.6 is 0 Å². The van der Waals surface area contributed by atoms with E-state index in [9.17, 15) is 4.79 Å².